The third kappa shape index (κ3) is 4.76. The van der Waals surface area contributed by atoms with Gasteiger partial charge in [0.1, 0.15) is 17.8 Å². The topological polar surface area (TPSA) is 58.6 Å². The third-order valence-corrected chi connectivity index (χ3v) is 6.25. The molecule has 1 N–H and O–H groups in total. The number of ether oxygens (including phenoxy) is 1. The van der Waals surface area contributed by atoms with Crippen molar-refractivity contribution in [3.05, 3.63) is 65.2 Å². The molecule has 1 heterocycles. The summed E-state index contributed by atoms with van der Waals surface area (Å²) >= 11 is 0. The van der Waals surface area contributed by atoms with E-state index in [0.29, 0.717) is 12.0 Å². The van der Waals surface area contributed by atoms with Gasteiger partial charge in [0.15, 0.2) is 0 Å². The fraction of sp³-hybridized carbons (Fsp3) is 0.440. The highest BCUT2D eigenvalue weighted by molar-refractivity contribution is 5.97. The predicted molar refractivity (Wildman–Crippen MR) is 116 cm³/mol. The number of halogens is 2. The van der Waals surface area contributed by atoms with Crippen LogP contribution in [0.2, 0.25) is 0 Å². The largest absolute Gasteiger partial charge is 0.435 e. The summed E-state index contributed by atoms with van der Waals surface area (Å²) in [5.74, 6) is -0.0243. The maximum Gasteiger partial charge on any atom is 0.387 e. The molecule has 2 aliphatic rings. The number of benzene rings is 2. The van der Waals surface area contributed by atoms with Crippen molar-refractivity contribution < 1.29 is 23.1 Å². The van der Waals surface area contributed by atoms with E-state index in [1.54, 1.807) is 17.0 Å². The van der Waals surface area contributed by atoms with Crippen LogP contribution >= 0.6 is 0 Å². The van der Waals surface area contributed by atoms with E-state index in [9.17, 15) is 18.4 Å². The number of hydrogen-bond acceptors (Lipinski definition) is 3. The van der Waals surface area contributed by atoms with Gasteiger partial charge in [0.25, 0.3) is 0 Å². The molecule has 32 heavy (non-hydrogen) atoms. The van der Waals surface area contributed by atoms with Gasteiger partial charge in [0.05, 0.1) is 0 Å². The number of hydrogen-bond donors (Lipinski definition) is 1. The van der Waals surface area contributed by atoms with E-state index in [1.165, 1.54) is 23.3 Å². The SMILES string of the molecule is CC(C)C[C@@H]1C(=O)N[C@H](C2Cc3ccccc3C2)C(=O)N1Cc1cccc(OC(F)F)c1. The van der Waals surface area contributed by atoms with E-state index in [0.717, 1.165) is 12.8 Å². The van der Waals surface area contributed by atoms with Gasteiger partial charge in [-0.1, -0.05) is 50.2 Å². The molecule has 1 aliphatic carbocycles. The molecule has 1 saturated heterocycles. The van der Waals surface area contributed by atoms with Gasteiger partial charge in [0.2, 0.25) is 11.8 Å². The first-order valence-electron chi connectivity index (χ1n) is 11.0. The van der Waals surface area contributed by atoms with Crippen molar-refractivity contribution in [1.29, 1.82) is 0 Å². The van der Waals surface area contributed by atoms with Gasteiger partial charge in [0, 0.05) is 6.54 Å². The number of carbonyl (C=O) groups is 2. The molecule has 0 aromatic heterocycles. The van der Waals surface area contributed by atoms with Crippen LogP contribution in [0.5, 0.6) is 5.75 Å². The maximum absolute atomic E-state index is 13.6. The third-order valence-electron chi connectivity index (χ3n) is 6.25. The van der Waals surface area contributed by atoms with Crippen LogP contribution in [0.15, 0.2) is 48.5 Å². The summed E-state index contributed by atoms with van der Waals surface area (Å²) < 4.78 is 29.8. The monoisotopic (exact) mass is 442 g/mol. The minimum Gasteiger partial charge on any atom is -0.435 e. The quantitative estimate of drug-likeness (QED) is 0.707. The first-order valence-corrected chi connectivity index (χ1v) is 11.0. The Kier molecular flexibility index (Phi) is 6.44. The molecule has 0 unspecified atom stereocenters. The molecule has 0 spiro atoms. The molecule has 2 aromatic carbocycles. The molecular weight excluding hydrogens is 414 g/mol. The number of fused-ring (bicyclic) bond motifs is 1. The van der Waals surface area contributed by atoms with Gasteiger partial charge in [-0.05, 0) is 59.9 Å². The number of carbonyl (C=O) groups excluding carboxylic acids is 2. The van der Waals surface area contributed by atoms with Gasteiger partial charge in [-0.25, -0.2) is 0 Å². The van der Waals surface area contributed by atoms with Crippen LogP contribution < -0.4 is 10.1 Å². The highest BCUT2D eigenvalue weighted by atomic mass is 19.3. The van der Waals surface area contributed by atoms with Crippen LogP contribution in [-0.4, -0.2) is 35.4 Å². The summed E-state index contributed by atoms with van der Waals surface area (Å²) in [5, 5.41) is 3.00. The predicted octanol–water partition coefficient (Wildman–Crippen LogP) is 3.94. The van der Waals surface area contributed by atoms with Crippen LogP contribution in [0.25, 0.3) is 0 Å². The highest BCUT2D eigenvalue weighted by Gasteiger charge is 2.45. The number of rotatable bonds is 7. The summed E-state index contributed by atoms with van der Waals surface area (Å²) in [6, 6.07) is 13.2. The molecule has 2 amide bonds. The Morgan fingerprint density at radius 3 is 2.38 bits per heavy atom. The first-order chi connectivity index (χ1) is 15.3. The van der Waals surface area contributed by atoms with Crippen LogP contribution in [0, 0.1) is 11.8 Å². The van der Waals surface area contributed by atoms with Crippen molar-refractivity contribution >= 4 is 11.8 Å². The Morgan fingerprint density at radius 1 is 1.06 bits per heavy atom. The van der Waals surface area contributed by atoms with E-state index in [-0.39, 0.29) is 35.9 Å². The van der Waals surface area contributed by atoms with E-state index < -0.39 is 18.7 Å². The Labute approximate surface area is 186 Å². The smallest absolute Gasteiger partial charge is 0.387 e. The molecule has 5 nitrogen and oxygen atoms in total. The normalized spacial score (nSPS) is 21.2. The minimum absolute atomic E-state index is 0.000138. The van der Waals surface area contributed by atoms with Crippen molar-refractivity contribution in [2.24, 2.45) is 11.8 Å². The number of nitrogens with zero attached hydrogens (tertiary/aromatic N) is 1. The number of nitrogens with one attached hydrogen (secondary N) is 1. The highest BCUT2D eigenvalue weighted by Crippen LogP contribution is 2.32. The fourth-order valence-corrected chi connectivity index (χ4v) is 4.82. The zero-order valence-electron chi connectivity index (χ0n) is 18.3. The van der Waals surface area contributed by atoms with Crippen molar-refractivity contribution in [2.75, 3.05) is 0 Å². The average molecular weight is 443 g/mol. The lowest BCUT2D eigenvalue weighted by molar-refractivity contribution is -0.152. The molecule has 0 bridgehead atoms. The minimum atomic E-state index is -2.92. The van der Waals surface area contributed by atoms with E-state index >= 15 is 0 Å². The number of amides is 2. The van der Waals surface area contributed by atoms with E-state index in [2.05, 4.69) is 22.2 Å². The van der Waals surface area contributed by atoms with E-state index in [4.69, 9.17) is 0 Å². The number of alkyl halides is 2. The standard InChI is InChI=1S/C25H28F2N2O3/c1-15(2)10-21-23(30)28-22(19-12-17-7-3-4-8-18(17)13-19)24(31)29(21)14-16-6-5-9-20(11-16)32-25(26)27/h3-9,11,15,19,21-22,25H,10,12-14H2,1-2H3,(H,28,30)/t21-,22-/m1/s1. The van der Waals surface area contributed by atoms with Crippen molar-refractivity contribution in [2.45, 2.75) is 58.3 Å². The van der Waals surface area contributed by atoms with Crippen LogP contribution in [0.4, 0.5) is 8.78 Å². The lowest BCUT2D eigenvalue weighted by Gasteiger charge is -2.41. The summed E-state index contributed by atoms with van der Waals surface area (Å²) in [6.45, 7) is 1.26. The molecule has 7 heteroatoms. The molecule has 4 rings (SSSR count). The molecule has 170 valence electrons. The summed E-state index contributed by atoms with van der Waals surface area (Å²) in [4.78, 5) is 28.3. The van der Waals surface area contributed by atoms with E-state index in [1.807, 2.05) is 26.0 Å². The Hall–Kier alpha value is -2.96. The summed E-state index contributed by atoms with van der Waals surface area (Å²) in [5.41, 5.74) is 3.08. The fourth-order valence-electron chi connectivity index (χ4n) is 4.82. The molecule has 0 radical (unpaired) electrons. The lowest BCUT2D eigenvalue weighted by Crippen LogP contribution is -2.65. The van der Waals surface area contributed by atoms with Crippen LogP contribution in [-0.2, 0) is 29.0 Å². The van der Waals surface area contributed by atoms with Gasteiger partial charge in [-0.15, -0.1) is 0 Å². The summed E-state index contributed by atoms with van der Waals surface area (Å²) in [7, 11) is 0. The van der Waals surface area contributed by atoms with Crippen molar-refractivity contribution in [3.63, 3.8) is 0 Å². The van der Waals surface area contributed by atoms with Crippen LogP contribution in [0.1, 0.15) is 37.0 Å². The second-order valence-electron chi connectivity index (χ2n) is 9.06. The molecule has 2 atom stereocenters. The van der Waals surface area contributed by atoms with Gasteiger partial charge in [-0.3, -0.25) is 9.59 Å². The second kappa shape index (κ2) is 9.27. The van der Waals surface area contributed by atoms with Gasteiger partial charge in [-0.2, -0.15) is 8.78 Å². The molecule has 0 saturated carbocycles. The summed E-state index contributed by atoms with van der Waals surface area (Å²) in [6.07, 6.45) is 2.02. The Morgan fingerprint density at radius 2 is 1.75 bits per heavy atom. The van der Waals surface area contributed by atoms with Crippen molar-refractivity contribution in [3.8, 4) is 5.75 Å². The first kappa shape index (κ1) is 22.2. The number of piperazine rings is 1. The molecule has 2 aromatic rings. The van der Waals surface area contributed by atoms with Gasteiger partial charge < -0.3 is 15.0 Å². The second-order valence-corrected chi connectivity index (χ2v) is 9.06. The Bertz CT molecular complexity index is 970. The molecule has 1 fully saturated rings. The van der Waals surface area contributed by atoms with Gasteiger partial charge >= 0.3 is 6.61 Å². The van der Waals surface area contributed by atoms with Crippen LogP contribution in [0.3, 0.4) is 0 Å². The lowest BCUT2D eigenvalue weighted by atomic mass is 9.90. The maximum atomic E-state index is 13.6. The molecule has 1 aliphatic heterocycles. The zero-order chi connectivity index (χ0) is 22.8. The average Bonchev–Trinajstić information content (AvgIpc) is 3.16. The zero-order valence-corrected chi connectivity index (χ0v) is 18.3. The van der Waals surface area contributed by atoms with Crippen molar-refractivity contribution in [1.82, 2.24) is 10.2 Å². The molecular formula is C25H28F2N2O3. The Balaban J connectivity index is 1.58.